The molecule has 0 saturated heterocycles. The molecule has 0 fully saturated rings. The number of methoxy groups -OCH3 is 1. The number of ether oxygens (including phenoxy) is 1. The Morgan fingerprint density at radius 2 is 2.12 bits per heavy atom. The number of nitrogen functional groups attached to an aromatic ring is 1. The molecular weight excluding hydrogens is 224 g/mol. The maximum Gasteiger partial charge on any atom is 0.197 e. The van der Waals surface area contributed by atoms with Gasteiger partial charge in [-0.15, -0.1) is 0 Å². The maximum atomic E-state index is 5.67. The molecule has 1 heterocycles. The molecule has 92 valence electrons. The molecule has 1 aromatic rings. The Kier molecular flexibility index (Phi) is 3.98. The van der Waals surface area contributed by atoms with Gasteiger partial charge in [-0.3, -0.25) is 0 Å². The fraction of sp³-hybridized carbons (Fsp3) is 0.700. The summed E-state index contributed by atoms with van der Waals surface area (Å²) in [7, 11) is 5.71. The molecular formula is C10H20N4OS. The van der Waals surface area contributed by atoms with E-state index in [0.717, 1.165) is 11.5 Å². The van der Waals surface area contributed by atoms with E-state index in [1.54, 1.807) is 7.11 Å². The van der Waals surface area contributed by atoms with Gasteiger partial charge in [0.25, 0.3) is 0 Å². The Balaban J connectivity index is 2.68. The first kappa shape index (κ1) is 13.1. The number of rotatable bonds is 5. The number of nitrogens with two attached hydrogens (primary N) is 1. The van der Waals surface area contributed by atoms with Crippen LogP contribution < -0.4 is 15.8 Å². The minimum Gasteiger partial charge on any atom is -0.490 e. The molecule has 0 amide bonds. The third kappa shape index (κ3) is 2.76. The van der Waals surface area contributed by atoms with Crippen molar-refractivity contribution in [2.24, 2.45) is 0 Å². The third-order valence-electron chi connectivity index (χ3n) is 2.77. The van der Waals surface area contributed by atoms with Gasteiger partial charge >= 0.3 is 0 Å². The summed E-state index contributed by atoms with van der Waals surface area (Å²) in [6, 6.07) is 0. The Labute approximate surface area is 101 Å². The predicted octanol–water partition coefficient (Wildman–Crippen LogP) is 1.49. The number of hydrogen-bond donors (Lipinski definition) is 2. The average molecular weight is 244 g/mol. The van der Waals surface area contributed by atoms with Gasteiger partial charge in [-0.05, 0) is 39.5 Å². The van der Waals surface area contributed by atoms with Gasteiger partial charge in [-0.25, -0.2) is 0 Å². The number of hydrogen-bond acceptors (Lipinski definition) is 6. The zero-order valence-corrected chi connectivity index (χ0v) is 11.3. The lowest BCUT2D eigenvalue weighted by Crippen LogP contribution is -2.44. The van der Waals surface area contributed by atoms with Crippen LogP contribution in [0.1, 0.15) is 13.8 Å². The highest BCUT2D eigenvalue weighted by Crippen LogP contribution is 2.34. The second kappa shape index (κ2) is 4.88. The number of likely N-dealkylation sites (N-methyl/N-ethyl adjacent to an activating group) is 1. The summed E-state index contributed by atoms with van der Waals surface area (Å²) >= 11 is 1.32. The summed E-state index contributed by atoms with van der Waals surface area (Å²) in [5, 5.41) is 4.20. The lowest BCUT2D eigenvalue weighted by Gasteiger charge is -2.32. The van der Waals surface area contributed by atoms with Crippen LogP contribution in [0.5, 0.6) is 5.75 Å². The molecule has 0 aliphatic carbocycles. The molecule has 6 heteroatoms. The van der Waals surface area contributed by atoms with Crippen LogP contribution in [0.4, 0.5) is 10.8 Å². The van der Waals surface area contributed by atoms with E-state index in [1.807, 2.05) is 0 Å². The lowest BCUT2D eigenvalue weighted by molar-refractivity contribution is 0.210. The number of nitrogens with zero attached hydrogens (tertiary/aromatic N) is 2. The van der Waals surface area contributed by atoms with E-state index in [-0.39, 0.29) is 5.54 Å². The van der Waals surface area contributed by atoms with E-state index in [4.69, 9.17) is 10.5 Å². The van der Waals surface area contributed by atoms with Gasteiger partial charge in [0.15, 0.2) is 16.6 Å². The molecule has 0 radical (unpaired) electrons. The summed E-state index contributed by atoms with van der Waals surface area (Å²) in [4.78, 5) is 2.16. The molecule has 1 rings (SSSR count). The largest absolute Gasteiger partial charge is 0.490 e. The standard InChI is InChI=1S/C10H20N4OS/c1-10(2,14(3)4)6-12-9-7(15-5)8(11)13-16-9/h12H,6H2,1-5H3,(H2,11,13). The van der Waals surface area contributed by atoms with E-state index in [0.29, 0.717) is 11.6 Å². The van der Waals surface area contributed by atoms with Crippen molar-refractivity contribution in [1.82, 2.24) is 9.27 Å². The summed E-state index contributed by atoms with van der Waals surface area (Å²) in [5.41, 5.74) is 5.73. The van der Waals surface area contributed by atoms with Crippen molar-refractivity contribution in [2.75, 3.05) is 38.8 Å². The molecule has 0 aromatic carbocycles. The second-order valence-electron chi connectivity index (χ2n) is 4.49. The summed E-state index contributed by atoms with van der Waals surface area (Å²) in [6.07, 6.45) is 0. The van der Waals surface area contributed by atoms with Crippen molar-refractivity contribution in [3.05, 3.63) is 0 Å². The first-order valence-electron chi connectivity index (χ1n) is 5.09. The van der Waals surface area contributed by atoms with E-state index in [9.17, 15) is 0 Å². The van der Waals surface area contributed by atoms with E-state index in [2.05, 4.69) is 42.5 Å². The number of anilines is 2. The molecule has 0 unspecified atom stereocenters. The third-order valence-corrected chi connectivity index (χ3v) is 3.57. The molecule has 1 aromatic heterocycles. The molecule has 0 saturated carbocycles. The van der Waals surface area contributed by atoms with Crippen LogP contribution in [-0.4, -0.2) is 42.6 Å². The predicted molar refractivity (Wildman–Crippen MR) is 69.3 cm³/mol. The monoisotopic (exact) mass is 244 g/mol. The molecule has 0 aliphatic rings. The van der Waals surface area contributed by atoms with Crippen LogP contribution in [-0.2, 0) is 0 Å². The molecule has 0 bridgehead atoms. The first-order chi connectivity index (χ1) is 7.38. The van der Waals surface area contributed by atoms with Crippen molar-refractivity contribution < 1.29 is 4.74 Å². The van der Waals surface area contributed by atoms with Gasteiger partial charge in [0.05, 0.1) is 7.11 Å². The lowest BCUT2D eigenvalue weighted by atomic mass is 10.0. The van der Waals surface area contributed by atoms with Gasteiger partial charge in [0.1, 0.15) is 0 Å². The molecule has 16 heavy (non-hydrogen) atoms. The van der Waals surface area contributed by atoms with E-state index < -0.39 is 0 Å². The van der Waals surface area contributed by atoms with Gasteiger partial charge in [0.2, 0.25) is 0 Å². The van der Waals surface area contributed by atoms with E-state index >= 15 is 0 Å². The number of aromatic nitrogens is 1. The van der Waals surface area contributed by atoms with Gasteiger partial charge in [-0.1, -0.05) is 0 Å². The van der Waals surface area contributed by atoms with Crippen LogP contribution in [0, 0.1) is 0 Å². The van der Waals surface area contributed by atoms with Crippen LogP contribution in [0.2, 0.25) is 0 Å². The van der Waals surface area contributed by atoms with Crippen molar-refractivity contribution in [3.8, 4) is 5.75 Å². The SMILES string of the molecule is COc1c(N)nsc1NCC(C)(C)N(C)C. The van der Waals surface area contributed by atoms with Crippen molar-refractivity contribution >= 4 is 22.4 Å². The summed E-state index contributed by atoms with van der Waals surface area (Å²) in [5.74, 6) is 1.08. The highest BCUT2D eigenvalue weighted by Gasteiger charge is 2.21. The fourth-order valence-corrected chi connectivity index (χ4v) is 1.74. The minimum absolute atomic E-state index is 0.0593. The normalized spacial score (nSPS) is 11.9. The topological polar surface area (TPSA) is 63.4 Å². The molecule has 5 nitrogen and oxygen atoms in total. The fourth-order valence-electron chi connectivity index (χ4n) is 1.06. The Morgan fingerprint density at radius 3 is 2.62 bits per heavy atom. The molecule has 3 N–H and O–H groups in total. The van der Waals surface area contributed by atoms with Crippen LogP contribution in [0.25, 0.3) is 0 Å². The average Bonchev–Trinajstić information content (AvgIpc) is 2.56. The molecule has 0 spiro atoms. The van der Waals surface area contributed by atoms with Gasteiger partial charge in [-0.2, -0.15) is 4.37 Å². The highest BCUT2D eigenvalue weighted by atomic mass is 32.1. The second-order valence-corrected chi connectivity index (χ2v) is 5.26. The maximum absolute atomic E-state index is 5.67. The van der Waals surface area contributed by atoms with Crippen LogP contribution in [0.15, 0.2) is 0 Å². The van der Waals surface area contributed by atoms with Gasteiger partial charge < -0.3 is 20.7 Å². The molecule has 0 atom stereocenters. The zero-order chi connectivity index (χ0) is 12.3. The van der Waals surface area contributed by atoms with E-state index in [1.165, 1.54) is 11.5 Å². The Bertz CT molecular complexity index is 349. The van der Waals surface area contributed by atoms with Crippen LogP contribution >= 0.6 is 11.5 Å². The Hall–Kier alpha value is -1.01. The van der Waals surface area contributed by atoms with Crippen molar-refractivity contribution in [2.45, 2.75) is 19.4 Å². The summed E-state index contributed by atoms with van der Waals surface area (Å²) < 4.78 is 9.24. The first-order valence-corrected chi connectivity index (χ1v) is 5.86. The number of nitrogens with one attached hydrogen (secondary N) is 1. The molecule has 0 aliphatic heterocycles. The smallest absolute Gasteiger partial charge is 0.197 e. The highest BCUT2D eigenvalue weighted by molar-refractivity contribution is 7.11. The van der Waals surface area contributed by atoms with Crippen LogP contribution in [0.3, 0.4) is 0 Å². The van der Waals surface area contributed by atoms with Gasteiger partial charge in [0, 0.05) is 12.1 Å². The quantitative estimate of drug-likeness (QED) is 0.821. The van der Waals surface area contributed by atoms with Crippen molar-refractivity contribution in [3.63, 3.8) is 0 Å². The Morgan fingerprint density at radius 1 is 1.50 bits per heavy atom. The summed E-state index contributed by atoms with van der Waals surface area (Å²) in [6.45, 7) is 5.13. The minimum atomic E-state index is 0.0593. The zero-order valence-electron chi connectivity index (χ0n) is 10.5. The van der Waals surface area contributed by atoms with Crippen molar-refractivity contribution in [1.29, 1.82) is 0 Å².